The van der Waals surface area contributed by atoms with Gasteiger partial charge in [0.15, 0.2) is 0 Å². The molecule has 2 aliphatic carbocycles. The lowest BCUT2D eigenvalue weighted by atomic mass is 10.5. The second-order valence-electron chi connectivity index (χ2n) is 3.39. The molecule has 2 saturated carbocycles. The standard InChI is InChI=1S/2C4H7FO/c2*5-4-1-3(4)2-6/h2*3-4,6H,1-2H2/t2*3-,4+/m10/s1. The average molecular weight is 180 g/mol. The molecule has 0 spiro atoms. The summed E-state index contributed by atoms with van der Waals surface area (Å²) in [5.41, 5.74) is 0. The third-order valence-corrected chi connectivity index (χ3v) is 2.14. The van der Waals surface area contributed by atoms with Gasteiger partial charge in [0.2, 0.25) is 0 Å². The maximum Gasteiger partial charge on any atom is 0.106 e. The van der Waals surface area contributed by atoms with Gasteiger partial charge in [0, 0.05) is 25.0 Å². The van der Waals surface area contributed by atoms with E-state index in [1.165, 1.54) is 0 Å². The molecular weight excluding hydrogens is 166 g/mol. The number of rotatable bonds is 2. The minimum Gasteiger partial charge on any atom is -0.396 e. The van der Waals surface area contributed by atoms with Crippen LogP contribution in [0.4, 0.5) is 8.78 Å². The largest absolute Gasteiger partial charge is 0.396 e. The van der Waals surface area contributed by atoms with Gasteiger partial charge in [0.25, 0.3) is 0 Å². The molecule has 2 fully saturated rings. The molecule has 0 radical (unpaired) electrons. The van der Waals surface area contributed by atoms with Crippen molar-refractivity contribution in [1.29, 1.82) is 0 Å². The van der Waals surface area contributed by atoms with E-state index in [-0.39, 0.29) is 25.0 Å². The highest BCUT2D eigenvalue weighted by molar-refractivity contribution is 4.85. The summed E-state index contributed by atoms with van der Waals surface area (Å²) in [6, 6.07) is 0. The fourth-order valence-corrected chi connectivity index (χ4v) is 0.799. The molecule has 2 rings (SSSR count). The second kappa shape index (κ2) is 4.14. The van der Waals surface area contributed by atoms with Crippen molar-refractivity contribution in [3.63, 3.8) is 0 Å². The number of alkyl halides is 2. The zero-order valence-electron chi connectivity index (χ0n) is 6.79. The van der Waals surface area contributed by atoms with Crippen LogP contribution in [0.25, 0.3) is 0 Å². The Balaban J connectivity index is 0.000000120. The van der Waals surface area contributed by atoms with Crippen LogP contribution in [0.5, 0.6) is 0 Å². The lowest BCUT2D eigenvalue weighted by Gasteiger charge is -1.76. The molecule has 0 heterocycles. The SMILES string of the molecule is OC[C@@H]1C[C@H]1F.OC[C@H]1C[C@@H]1F. The van der Waals surface area contributed by atoms with E-state index in [4.69, 9.17) is 10.2 Å². The van der Waals surface area contributed by atoms with Crippen LogP contribution >= 0.6 is 0 Å². The van der Waals surface area contributed by atoms with Gasteiger partial charge >= 0.3 is 0 Å². The number of hydrogen-bond acceptors (Lipinski definition) is 2. The zero-order valence-corrected chi connectivity index (χ0v) is 6.79. The van der Waals surface area contributed by atoms with Crippen LogP contribution in [0.1, 0.15) is 12.8 Å². The second-order valence-corrected chi connectivity index (χ2v) is 3.39. The van der Waals surface area contributed by atoms with Crippen molar-refractivity contribution in [3.8, 4) is 0 Å². The molecule has 0 unspecified atom stereocenters. The van der Waals surface area contributed by atoms with Crippen LogP contribution in [-0.4, -0.2) is 35.8 Å². The van der Waals surface area contributed by atoms with E-state index in [9.17, 15) is 8.78 Å². The molecule has 0 aromatic heterocycles. The van der Waals surface area contributed by atoms with E-state index in [0.29, 0.717) is 12.8 Å². The van der Waals surface area contributed by atoms with Crippen molar-refractivity contribution in [3.05, 3.63) is 0 Å². The maximum absolute atomic E-state index is 11.6. The summed E-state index contributed by atoms with van der Waals surface area (Å²) < 4.78 is 23.2. The van der Waals surface area contributed by atoms with E-state index in [0.717, 1.165) is 0 Å². The molecule has 0 aliphatic heterocycles. The number of aliphatic hydroxyl groups is 2. The van der Waals surface area contributed by atoms with E-state index in [1.54, 1.807) is 0 Å². The molecule has 12 heavy (non-hydrogen) atoms. The summed E-state index contributed by atoms with van der Waals surface area (Å²) in [7, 11) is 0. The van der Waals surface area contributed by atoms with Crippen LogP contribution in [0.15, 0.2) is 0 Å². The molecular formula is C8H14F2O2. The van der Waals surface area contributed by atoms with Crippen molar-refractivity contribution in [2.75, 3.05) is 13.2 Å². The van der Waals surface area contributed by atoms with Crippen LogP contribution in [0.2, 0.25) is 0 Å². The molecule has 0 aromatic carbocycles. The fraction of sp³-hybridized carbons (Fsp3) is 1.00. The van der Waals surface area contributed by atoms with Crippen molar-refractivity contribution >= 4 is 0 Å². The van der Waals surface area contributed by atoms with Gasteiger partial charge in [0.1, 0.15) is 12.3 Å². The quantitative estimate of drug-likeness (QED) is 0.655. The summed E-state index contributed by atoms with van der Waals surface area (Å²) in [4.78, 5) is 0. The van der Waals surface area contributed by atoms with Crippen molar-refractivity contribution in [1.82, 2.24) is 0 Å². The zero-order chi connectivity index (χ0) is 9.14. The van der Waals surface area contributed by atoms with Gasteiger partial charge in [-0.2, -0.15) is 0 Å². The molecule has 4 atom stereocenters. The van der Waals surface area contributed by atoms with E-state index < -0.39 is 12.3 Å². The van der Waals surface area contributed by atoms with E-state index in [2.05, 4.69) is 0 Å². The molecule has 0 bridgehead atoms. The third-order valence-electron chi connectivity index (χ3n) is 2.14. The number of hydrogen-bond donors (Lipinski definition) is 2. The smallest absolute Gasteiger partial charge is 0.106 e. The molecule has 72 valence electrons. The summed E-state index contributed by atoms with van der Waals surface area (Å²) in [5.74, 6) is -0.0185. The Hall–Kier alpha value is -0.220. The highest BCUT2D eigenvalue weighted by Crippen LogP contribution is 2.32. The maximum atomic E-state index is 11.6. The molecule has 0 aromatic rings. The van der Waals surface area contributed by atoms with Crippen LogP contribution in [0, 0.1) is 11.8 Å². The van der Waals surface area contributed by atoms with Crippen molar-refractivity contribution < 1.29 is 19.0 Å². The lowest BCUT2D eigenvalue weighted by Crippen LogP contribution is -1.85. The predicted molar refractivity (Wildman–Crippen MR) is 40.2 cm³/mol. The first-order valence-electron chi connectivity index (χ1n) is 4.19. The highest BCUT2D eigenvalue weighted by atomic mass is 19.1. The number of aliphatic hydroxyl groups excluding tert-OH is 2. The Morgan fingerprint density at radius 2 is 1.17 bits per heavy atom. The topological polar surface area (TPSA) is 40.5 Å². The molecule has 2 nitrogen and oxygen atoms in total. The van der Waals surface area contributed by atoms with Crippen molar-refractivity contribution in [2.24, 2.45) is 11.8 Å². The van der Waals surface area contributed by atoms with Gasteiger partial charge in [-0.05, 0) is 12.8 Å². The summed E-state index contributed by atoms with van der Waals surface area (Å²) >= 11 is 0. The summed E-state index contributed by atoms with van der Waals surface area (Å²) in [5, 5.41) is 16.3. The monoisotopic (exact) mass is 180 g/mol. The molecule has 2 N–H and O–H groups in total. The first-order chi connectivity index (χ1) is 5.69. The minimum absolute atomic E-state index is 0.00926. The summed E-state index contributed by atoms with van der Waals surface area (Å²) in [6.07, 6.45) is -0.211. The van der Waals surface area contributed by atoms with Gasteiger partial charge in [-0.3, -0.25) is 0 Å². The van der Waals surface area contributed by atoms with Gasteiger partial charge in [-0.25, -0.2) is 8.78 Å². The van der Waals surface area contributed by atoms with Crippen molar-refractivity contribution in [2.45, 2.75) is 25.2 Å². The van der Waals surface area contributed by atoms with Crippen LogP contribution < -0.4 is 0 Å². The Morgan fingerprint density at radius 3 is 1.17 bits per heavy atom. The molecule has 0 saturated heterocycles. The average Bonchev–Trinajstić information content (AvgIpc) is 2.92. The Morgan fingerprint density at radius 1 is 0.917 bits per heavy atom. The first kappa shape index (κ1) is 9.86. The van der Waals surface area contributed by atoms with Gasteiger partial charge < -0.3 is 10.2 Å². The minimum atomic E-state index is -0.685. The van der Waals surface area contributed by atoms with Gasteiger partial charge in [-0.15, -0.1) is 0 Å². The van der Waals surface area contributed by atoms with E-state index >= 15 is 0 Å². The van der Waals surface area contributed by atoms with Crippen LogP contribution in [-0.2, 0) is 0 Å². The lowest BCUT2D eigenvalue weighted by molar-refractivity contribution is 0.258. The Kier molecular flexibility index (Phi) is 3.40. The number of halogens is 2. The highest BCUT2D eigenvalue weighted by Gasteiger charge is 2.36. The Bertz CT molecular complexity index is 123. The summed E-state index contributed by atoms with van der Waals surface area (Å²) in [6.45, 7) is 0.0579. The molecule has 0 amide bonds. The Labute approximate surface area is 70.2 Å². The normalized spacial score (nSPS) is 43.0. The third kappa shape index (κ3) is 3.03. The van der Waals surface area contributed by atoms with Crippen LogP contribution in [0.3, 0.4) is 0 Å². The molecule has 2 aliphatic rings. The first-order valence-corrected chi connectivity index (χ1v) is 4.19. The molecule has 4 heteroatoms. The van der Waals surface area contributed by atoms with Gasteiger partial charge in [0.05, 0.1) is 0 Å². The van der Waals surface area contributed by atoms with Gasteiger partial charge in [-0.1, -0.05) is 0 Å². The van der Waals surface area contributed by atoms with E-state index in [1.807, 2.05) is 0 Å². The predicted octanol–water partition coefficient (Wildman–Crippen LogP) is 0.673. The fourth-order valence-electron chi connectivity index (χ4n) is 0.799.